The SMILES string of the molecule is COc1ccc(OC2CCN(c3nc4c(cc3C)CN(S(=O)(=O)C3CC3)C4)CC2)cn1. The first kappa shape index (κ1) is 20.5. The maximum absolute atomic E-state index is 12.6. The number of rotatable bonds is 6. The van der Waals surface area contributed by atoms with Crippen LogP contribution >= 0.6 is 0 Å². The smallest absolute Gasteiger partial charge is 0.217 e. The molecule has 1 saturated carbocycles. The first-order valence-corrected chi connectivity index (χ1v) is 12.3. The van der Waals surface area contributed by atoms with Gasteiger partial charge in [0.2, 0.25) is 15.9 Å². The molecule has 1 aliphatic carbocycles. The van der Waals surface area contributed by atoms with E-state index in [2.05, 4.69) is 22.9 Å². The highest BCUT2D eigenvalue weighted by molar-refractivity contribution is 7.90. The minimum Gasteiger partial charge on any atom is -0.489 e. The summed E-state index contributed by atoms with van der Waals surface area (Å²) in [5, 5.41) is -0.178. The lowest BCUT2D eigenvalue weighted by atomic mass is 10.1. The van der Waals surface area contributed by atoms with E-state index in [9.17, 15) is 8.42 Å². The summed E-state index contributed by atoms with van der Waals surface area (Å²) in [6, 6.07) is 5.80. The van der Waals surface area contributed by atoms with E-state index in [0.717, 1.165) is 67.2 Å². The van der Waals surface area contributed by atoms with Crippen molar-refractivity contribution in [2.45, 2.75) is 57.1 Å². The van der Waals surface area contributed by atoms with Crippen molar-refractivity contribution in [1.82, 2.24) is 14.3 Å². The van der Waals surface area contributed by atoms with Gasteiger partial charge in [0.15, 0.2) is 0 Å². The second-order valence-corrected chi connectivity index (χ2v) is 10.8. The first-order chi connectivity index (χ1) is 14.9. The third-order valence-electron chi connectivity index (χ3n) is 6.30. The van der Waals surface area contributed by atoms with Gasteiger partial charge in [-0.2, -0.15) is 4.31 Å². The second kappa shape index (κ2) is 7.94. The number of aryl methyl sites for hydroxylation is 1. The van der Waals surface area contributed by atoms with Crippen LogP contribution in [0, 0.1) is 6.92 Å². The number of sulfonamides is 1. The zero-order valence-electron chi connectivity index (χ0n) is 18.0. The summed E-state index contributed by atoms with van der Waals surface area (Å²) in [4.78, 5) is 11.4. The summed E-state index contributed by atoms with van der Waals surface area (Å²) in [6.07, 6.45) is 5.20. The largest absolute Gasteiger partial charge is 0.489 e. The Kier molecular flexibility index (Phi) is 5.26. The molecule has 166 valence electrons. The Balaban J connectivity index is 1.23. The molecule has 0 unspecified atom stereocenters. The summed E-state index contributed by atoms with van der Waals surface area (Å²) in [6.45, 7) is 4.61. The summed E-state index contributed by atoms with van der Waals surface area (Å²) in [5.41, 5.74) is 3.03. The van der Waals surface area contributed by atoms with E-state index in [1.807, 2.05) is 6.07 Å². The Morgan fingerprint density at radius 3 is 2.52 bits per heavy atom. The molecule has 0 atom stereocenters. The molecule has 2 fully saturated rings. The molecule has 0 bridgehead atoms. The summed E-state index contributed by atoms with van der Waals surface area (Å²) < 4.78 is 38.0. The van der Waals surface area contributed by atoms with E-state index in [0.29, 0.717) is 19.0 Å². The minimum atomic E-state index is -3.18. The fraction of sp³-hybridized carbons (Fsp3) is 0.545. The maximum Gasteiger partial charge on any atom is 0.217 e. The zero-order valence-corrected chi connectivity index (χ0v) is 18.8. The highest BCUT2D eigenvalue weighted by atomic mass is 32.2. The van der Waals surface area contributed by atoms with E-state index in [4.69, 9.17) is 14.5 Å². The second-order valence-electron chi connectivity index (χ2n) is 8.59. The molecule has 9 heteroatoms. The third kappa shape index (κ3) is 4.08. The van der Waals surface area contributed by atoms with Gasteiger partial charge in [-0.1, -0.05) is 0 Å². The van der Waals surface area contributed by atoms with Crippen molar-refractivity contribution in [3.8, 4) is 11.6 Å². The Bertz CT molecular complexity index is 1060. The Morgan fingerprint density at radius 2 is 1.87 bits per heavy atom. The van der Waals surface area contributed by atoms with E-state index < -0.39 is 10.0 Å². The molecule has 0 aromatic carbocycles. The molecule has 2 aromatic rings. The van der Waals surface area contributed by atoms with Crippen molar-refractivity contribution in [3.05, 3.63) is 41.2 Å². The van der Waals surface area contributed by atoms with Crippen LogP contribution in [0.2, 0.25) is 0 Å². The topological polar surface area (TPSA) is 84.9 Å². The number of piperidine rings is 1. The van der Waals surface area contributed by atoms with Crippen molar-refractivity contribution in [1.29, 1.82) is 0 Å². The predicted octanol–water partition coefficient (Wildman–Crippen LogP) is 2.65. The Labute approximate surface area is 183 Å². The number of pyridine rings is 2. The van der Waals surface area contributed by atoms with Gasteiger partial charge in [-0.05, 0) is 43.0 Å². The average molecular weight is 445 g/mol. The van der Waals surface area contributed by atoms with E-state index in [1.54, 1.807) is 23.7 Å². The van der Waals surface area contributed by atoms with Gasteiger partial charge in [0.1, 0.15) is 17.7 Å². The third-order valence-corrected chi connectivity index (χ3v) is 8.59. The van der Waals surface area contributed by atoms with Gasteiger partial charge in [-0.25, -0.2) is 18.4 Å². The number of aromatic nitrogens is 2. The molecule has 8 nitrogen and oxygen atoms in total. The van der Waals surface area contributed by atoms with Gasteiger partial charge in [-0.3, -0.25) is 0 Å². The molecular weight excluding hydrogens is 416 g/mol. The molecule has 0 radical (unpaired) electrons. The number of anilines is 1. The average Bonchev–Trinajstić information content (AvgIpc) is 3.55. The Hall–Kier alpha value is -2.39. The van der Waals surface area contributed by atoms with Crippen molar-refractivity contribution in [2.75, 3.05) is 25.1 Å². The van der Waals surface area contributed by atoms with E-state index in [1.165, 1.54) is 0 Å². The van der Waals surface area contributed by atoms with Crippen LogP contribution in [0.15, 0.2) is 24.4 Å². The minimum absolute atomic E-state index is 0.139. The van der Waals surface area contributed by atoms with Crippen LogP contribution in [-0.4, -0.2) is 54.2 Å². The van der Waals surface area contributed by atoms with Crippen molar-refractivity contribution in [2.24, 2.45) is 0 Å². The molecule has 1 saturated heterocycles. The summed E-state index contributed by atoms with van der Waals surface area (Å²) in [5.74, 6) is 2.29. The van der Waals surface area contributed by atoms with Crippen LogP contribution in [0.25, 0.3) is 0 Å². The van der Waals surface area contributed by atoms with Crippen LogP contribution in [0.1, 0.15) is 42.5 Å². The standard InChI is InChI=1S/C22H28N4O4S/c1-15-11-16-13-26(31(27,28)19-4-5-19)14-20(16)24-22(15)25-9-7-17(8-10-25)30-18-3-6-21(29-2)23-12-18/h3,6,11-12,17,19H,4-5,7-10,13-14H2,1-2H3. The van der Waals surface area contributed by atoms with Crippen LogP contribution in [-0.2, 0) is 23.1 Å². The van der Waals surface area contributed by atoms with E-state index >= 15 is 0 Å². The zero-order chi connectivity index (χ0) is 21.6. The first-order valence-electron chi connectivity index (χ1n) is 10.8. The van der Waals surface area contributed by atoms with Gasteiger partial charge in [0.25, 0.3) is 0 Å². The quantitative estimate of drug-likeness (QED) is 0.677. The van der Waals surface area contributed by atoms with Crippen LogP contribution in [0.4, 0.5) is 5.82 Å². The number of nitrogens with zero attached hydrogens (tertiary/aromatic N) is 4. The normalized spacial score (nSPS) is 20.0. The van der Waals surface area contributed by atoms with Crippen molar-refractivity contribution < 1.29 is 17.9 Å². The van der Waals surface area contributed by atoms with Crippen molar-refractivity contribution >= 4 is 15.8 Å². The fourth-order valence-corrected chi connectivity index (χ4v) is 6.17. The maximum atomic E-state index is 12.6. The van der Waals surface area contributed by atoms with Gasteiger partial charge in [0, 0.05) is 38.5 Å². The number of hydrogen-bond donors (Lipinski definition) is 0. The highest BCUT2D eigenvalue weighted by Crippen LogP contribution is 2.36. The monoisotopic (exact) mass is 444 g/mol. The lowest BCUT2D eigenvalue weighted by molar-refractivity contribution is 0.169. The van der Waals surface area contributed by atoms with Crippen molar-refractivity contribution in [3.63, 3.8) is 0 Å². The molecule has 2 aliphatic heterocycles. The van der Waals surface area contributed by atoms with Gasteiger partial charge in [-0.15, -0.1) is 0 Å². The molecule has 0 spiro atoms. The molecule has 31 heavy (non-hydrogen) atoms. The predicted molar refractivity (Wildman–Crippen MR) is 117 cm³/mol. The molecule has 4 heterocycles. The summed E-state index contributed by atoms with van der Waals surface area (Å²) in [7, 11) is -1.58. The lowest BCUT2D eigenvalue weighted by Crippen LogP contribution is -2.39. The summed E-state index contributed by atoms with van der Waals surface area (Å²) >= 11 is 0. The number of hydrogen-bond acceptors (Lipinski definition) is 7. The lowest BCUT2D eigenvalue weighted by Gasteiger charge is -2.34. The number of ether oxygens (including phenoxy) is 2. The molecule has 0 N–H and O–H groups in total. The van der Waals surface area contributed by atoms with Crippen LogP contribution in [0.3, 0.4) is 0 Å². The molecule has 3 aliphatic rings. The number of fused-ring (bicyclic) bond motifs is 1. The molecular formula is C22H28N4O4S. The fourth-order valence-electron chi connectivity index (χ4n) is 4.40. The molecule has 0 amide bonds. The van der Waals surface area contributed by atoms with Gasteiger partial charge < -0.3 is 14.4 Å². The molecule has 5 rings (SSSR count). The highest BCUT2D eigenvalue weighted by Gasteiger charge is 2.42. The van der Waals surface area contributed by atoms with E-state index in [-0.39, 0.29) is 11.4 Å². The van der Waals surface area contributed by atoms with Gasteiger partial charge >= 0.3 is 0 Å². The number of methoxy groups -OCH3 is 1. The Morgan fingerprint density at radius 1 is 1.10 bits per heavy atom. The van der Waals surface area contributed by atoms with Crippen LogP contribution in [0.5, 0.6) is 11.6 Å². The van der Waals surface area contributed by atoms with Crippen LogP contribution < -0.4 is 14.4 Å². The van der Waals surface area contributed by atoms with Gasteiger partial charge in [0.05, 0.1) is 30.8 Å². The molecule has 2 aromatic heterocycles.